The molecular formula is C78H86N2O3. The molecular weight excluding hydrogens is 1010 g/mol. The van der Waals surface area contributed by atoms with Crippen LogP contribution in [0.5, 0.6) is 5.75 Å². The van der Waals surface area contributed by atoms with E-state index >= 15 is 0 Å². The van der Waals surface area contributed by atoms with Crippen LogP contribution in [-0.4, -0.2) is 40.1 Å². The van der Waals surface area contributed by atoms with Gasteiger partial charge < -0.3 is 24.0 Å². The normalized spacial score (nSPS) is 13.8. The van der Waals surface area contributed by atoms with Crippen LogP contribution in [0.2, 0.25) is 0 Å². The number of benzene rings is 10. The van der Waals surface area contributed by atoms with Gasteiger partial charge in [0.25, 0.3) is 0 Å². The average Bonchev–Trinajstić information content (AvgIpc) is 2.32. The lowest BCUT2D eigenvalue weighted by molar-refractivity contribution is -0.137. The molecule has 0 spiro atoms. The summed E-state index contributed by atoms with van der Waals surface area (Å²) >= 11 is 0. The van der Waals surface area contributed by atoms with E-state index in [4.69, 9.17) is 14.2 Å². The fourth-order valence-corrected chi connectivity index (χ4v) is 13.6. The number of ether oxygens (including phenoxy) is 3. The molecule has 11 rings (SSSR count). The Kier molecular flexibility index (Phi) is 17.4. The van der Waals surface area contributed by atoms with Crippen molar-refractivity contribution in [2.75, 3.05) is 49.9 Å². The minimum absolute atomic E-state index is 0.0643. The Hall–Kier alpha value is -7.44. The van der Waals surface area contributed by atoms with Crippen LogP contribution in [0, 0.1) is 5.41 Å². The summed E-state index contributed by atoms with van der Waals surface area (Å²) in [4.78, 5) is 4.69. The number of nitrogens with zero attached hydrogens (tertiary/aromatic N) is 2. The molecule has 5 nitrogen and oxygen atoms in total. The van der Waals surface area contributed by atoms with Crippen molar-refractivity contribution in [1.29, 1.82) is 0 Å². The fraction of sp³-hybridized carbons (Fsp3) is 0.333. The van der Waals surface area contributed by atoms with Crippen molar-refractivity contribution in [1.82, 2.24) is 0 Å². The first-order valence-electron chi connectivity index (χ1n) is 31.2. The van der Waals surface area contributed by atoms with Crippen molar-refractivity contribution in [3.63, 3.8) is 0 Å². The molecule has 0 radical (unpaired) electrons. The first-order chi connectivity index (χ1) is 40.6. The largest absolute Gasteiger partial charge is 0.494 e. The van der Waals surface area contributed by atoms with Gasteiger partial charge in [-0.1, -0.05) is 182 Å². The maximum absolute atomic E-state index is 6.33. The zero-order valence-electron chi connectivity index (χ0n) is 50.6. The highest BCUT2D eigenvalue weighted by atomic mass is 16.5. The van der Waals surface area contributed by atoms with Gasteiger partial charge in [0.15, 0.2) is 0 Å². The van der Waals surface area contributed by atoms with Gasteiger partial charge >= 0.3 is 0 Å². The Bertz CT molecular complexity index is 3690. The predicted octanol–water partition coefficient (Wildman–Crippen LogP) is 21.2. The summed E-state index contributed by atoms with van der Waals surface area (Å²) in [6.07, 6.45) is 9.55. The molecule has 10 aromatic rings. The summed E-state index contributed by atoms with van der Waals surface area (Å²) in [5, 5.41) is 7.88. The van der Waals surface area contributed by atoms with Crippen LogP contribution in [0.25, 0.3) is 43.4 Å². The van der Waals surface area contributed by atoms with Crippen LogP contribution < -0.4 is 14.5 Å². The highest BCUT2D eigenvalue weighted by Crippen LogP contribution is 2.48. The highest BCUT2D eigenvalue weighted by Gasteiger charge is 2.35. The Morgan fingerprint density at radius 1 is 0.494 bits per heavy atom. The molecule has 1 unspecified atom stereocenters. The van der Waals surface area contributed by atoms with Gasteiger partial charge in [0.2, 0.25) is 0 Å². The Morgan fingerprint density at radius 3 is 1.57 bits per heavy atom. The van der Waals surface area contributed by atoms with Gasteiger partial charge in [-0.15, -0.1) is 0 Å². The lowest BCUT2D eigenvalue weighted by Gasteiger charge is -2.37. The van der Waals surface area contributed by atoms with Gasteiger partial charge in [-0.2, -0.15) is 0 Å². The van der Waals surface area contributed by atoms with Crippen molar-refractivity contribution in [2.45, 2.75) is 123 Å². The van der Waals surface area contributed by atoms with Gasteiger partial charge in [-0.3, -0.25) is 0 Å². The molecule has 0 N–H and O–H groups in total. The summed E-state index contributed by atoms with van der Waals surface area (Å²) < 4.78 is 17.7. The third-order valence-electron chi connectivity index (χ3n) is 19.2. The molecule has 0 bridgehead atoms. The van der Waals surface area contributed by atoms with E-state index in [1.807, 2.05) is 0 Å². The molecule has 0 aromatic heterocycles. The van der Waals surface area contributed by atoms with Gasteiger partial charge in [-0.05, 0) is 201 Å². The van der Waals surface area contributed by atoms with Crippen LogP contribution in [0.1, 0.15) is 140 Å². The lowest BCUT2D eigenvalue weighted by atomic mass is 9.68. The van der Waals surface area contributed by atoms with Gasteiger partial charge in [-0.25, -0.2) is 0 Å². The maximum Gasteiger partial charge on any atom is 0.119 e. The minimum Gasteiger partial charge on any atom is -0.494 e. The molecule has 1 atom stereocenters. The second kappa shape index (κ2) is 25.2. The quantitative estimate of drug-likeness (QED) is 0.0399. The summed E-state index contributed by atoms with van der Waals surface area (Å²) in [7, 11) is 2.18. The van der Waals surface area contributed by atoms with E-state index in [9.17, 15) is 0 Å². The molecule has 83 heavy (non-hydrogen) atoms. The molecule has 1 aliphatic heterocycles. The van der Waals surface area contributed by atoms with Crippen molar-refractivity contribution in [3.05, 3.63) is 228 Å². The Balaban J connectivity index is 0.876. The van der Waals surface area contributed by atoms with Crippen molar-refractivity contribution < 1.29 is 14.2 Å². The monoisotopic (exact) mass is 1100 g/mol. The summed E-state index contributed by atoms with van der Waals surface area (Å²) in [6, 6.07) is 75.7. The molecule has 10 aromatic carbocycles. The van der Waals surface area contributed by atoms with Crippen LogP contribution in [0.4, 0.5) is 28.4 Å². The smallest absolute Gasteiger partial charge is 0.119 e. The summed E-state index contributed by atoms with van der Waals surface area (Å²) in [5.41, 5.74) is 15.0. The third kappa shape index (κ3) is 11.4. The number of rotatable bonds is 26. The second-order valence-corrected chi connectivity index (χ2v) is 24.1. The van der Waals surface area contributed by atoms with E-state index in [2.05, 4.69) is 266 Å². The number of hydrogen-bond donors (Lipinski definition) is 0. The molecule has 5 heteroatoms. The van der Waals surface area contributed by atoms with Crippen molar-refractivity contribution >= 4 is 60.8 Å². The molecule has 426 valence electrons. The molecule has 0 amide bonds. The van der Waals surface area contributed by atoms with E-state index in [0.717, 1.165) is 107 Å². The number of unbranched alkanes of at least 4 members (excludes halogenated alkanes) is 3. The van der Waals surface area contributed by atoms with Gasteiger partial charge in [0, 0.05) is 58.3 Å². The van der Waals surface area contributed by atoms with E-state index in [-0.39, 0.29) is 16.2 Å². The Morgan fingerprint density at radius 2 is 0.988 bits per heavy atom. The molecule has 1 saturated heterocycles. The van der Waals surface area contributed by atoms with Crippen LogP contribution in [-0.2, 0) is 20.3 Å². The lowest BCUT2D eigenvalue weighted by Crippen LogP contribution is -2.43. The van der Waals surface area contributed by atoms with E-state index in [0.29, 0.717) is 12.5 Å². The standard InChI is InChI=1S/C78H86N2O3/c1-9-56(6)57-23-35-64(36-24-57)79(8)65-39-31-63(32-40-65)78(12-4,13-5)73-50-30-60-28-48-71-70(47-27-59-29-49-72(73)75(60)74(59)71)58-25-37-66(38-26-58)80(67-41-33-62(34-42-67)77(10-2,11-3)61-21-17-16-18-22-61)68-43-45-69(46-44-68)83-52-20-15-14-19-51-81-53-76(7)54-82-55-76/h16-18,21-50,56H,9-15,19-20,51-55H2,1-8H3. The van der Waals surface area contributed by atoms with E-state index < -0.39 is 0 Å². The molecule has 1 aliphatic rings. The zero-order chi connectivity index (χ0) is 57.6. The van der Waals surface area contributed by atoms with Crippen LogP contribution >= 0.6 is 0 Å². The van der Waals surface area contributed by atoms with E-state index in [1.165, 1.54) is 82.6 Å². The van der Waals surface area contributed by atoms with Gasteiger partial charge in [0.1, 0.15) is 5.75 Å². The molecule has 0 saturated carbocycles. The molecule has 1 heterocycles. The van der Waals surface area contributed by atoms with Crippen molar-refractivity contribution in [2.24, 2.45) is 5.41 Å². The van der Waals surface area contributed by atoms with Crippen molar-refractivity contribution in [3.8, 4) is 16.9 Å². The zero-order valence-corrected chi connectivity index (χ0v) is 50.6. The summed E-state index contributed by atoms with van der Waals surface area (Å²) in [6.45, 7) is 20.1. The first kappa shape index (κ1) is 57.4. The number of hydrogen-bond acceptors (Lipinski definition) is 5. The Labute approximate surface area is 495 Å². The topological polar surface area (TPSA) is 34.2 Å². The first-order valence-corrected chi connectivity index (χ1v) is 31.2. The maximum atomic E-state index is 6.33. The predicted molar refractivity (Wildman–Crippen MR) is 353 cm³/mol. The highest BCUT2D eigenvalue weighted by molar-refractivity contribution is 6.26. The molecule has 0 aliphatic carbocycles. The SMILES string of the molecule is CCC(C)c1ccc(N(C)c2ccc(C(CC)(CC)c3ccc4ccc5c(-c6ccc(N(c7ccc(OCCCCCCOCC8(C)COC8)cc7)c7ccc(C(CC)(CC)c8ccccc8)cc7)cc6)ccc6ccc3c4c65)cc2)cc1. The third-order valence-corrected chi connectivity index (χ3v) is 19.2. The van der Waals surface area contributed by atoms with E-state index in [1.54, 1.807) is 0 Å². The minimum atomic E-state index is -0.160. The van der Waals surface area contributed by atoms with Crippen LogP contribution in [0.15, 0.2) is 200 Å². The number of anilines is 5. The second-order valence-electron chi connectivity index (χ2n) is 24.1. The molecule has 1 fully saturated rings. The van der Waals surface area contributed by atoms with Crippen LogP contribution in [0.3, 0.4) is 0 Å². The van der Waals surface area contributed by atoms with Gasteiger partial charge in [0.05, 0.1) is 26.4 Å². The fourth-order valence-electron chi connectivity index (χ4n) is 13.6. The summed E-state index contributed by atoms with van der Waals surface area (Å²) in [5.74, 6) is 1.46. The average molecular weight is 1100 g/mol.